The number of likely N-dealkylation sites (N-methyl/N-ethyl adjacent to an activating group) is 1. The molecule has 2 heterocycles. The Morgan fingerprint density at radius 2 is 1.96 bits per heavy atom. The lowest BCUT2D eigenvalue weighted by Gasteiger charge is -2.32. The van der Waals surface area contributed by atoms with Crippen LogP contribution in [0.15, 0.2) is 30.5 Å². The number of piperazine rings is 1. The number of nitrogens with zero attached hydrogens (tertiary/aromatic N) is 3. The van der Waals surface area contributed by atoms with Gasteiger partial charge in [-0.3, -0.25) is 10.2 Å². The number of carbonyl (C=O) groups is 1. The van der Waals surface area contributed by atoms with Gasteiger partial charge < -0.3 is 9.88 Å². The van der Waals surface area contributed by atoms with Crippen LogP contribution in [0.4, 0.5) is 0 Å². The van der Waals surface area contributed by atoms with Crippen molar-refractivity contribution in [3.63, 3.8) is 0 Å². The topological polar surface area (TPSA) is 64.3 Å². The Morgan fingerprint density at radius 1 is 1.26 bits per heavy atom. The number of hydrazine groups is 1. The minimum absolute atomic E-state index is 0.0382. The van der Waals surface area contributed by atoms with Gasteiger partial charge in [-0.15, -0.1) is 0 Å². The number of H-pyrrole nitrogens is 1. The van der Waals surface area contributed by atoms with Gasteiger partial charge in [-0.05, 0) is 31.3 Å². The van der Waals surface area contributed by atoms with Gasteiger partial charge in [0.1, 0.15) is 5.82 Å². The van der Waals surface area contributed by atoms with E-state index in [-0.39, 0.29) is 12.3 Å². The number of amides is 1. The van der Waals surface area contributed by atoms with Crippen molar-refractivity contribution in [2.75, 3.05) is 33.2 Å². The molecule has 2 aromatic rings. The number of aromatic amines is 1. The molecule has 0 saturated carbocycles. The van der Waals surface area contributed by atoms with Gasteiger partial charge in [0.25, 0.3) is 0 Å². The van der Waals surface area contributed by atoms with Crippen molar-refractivity contribution in [3.05, 3.63) is 41.2 Å². The molecule has 0 radical (unpaired) electrons. The first-order valence-electron chi connectivity index (χ1n) is 7.63. The zero-order valence-corrected chi connectivity index (χ0v) is 13.8. The Labute approximate surface area is 140 Å². The molecule has 6 nitrogen and oxygen atoms in total. The molecule has 1 aromatic carbocycles. The summed E-state index contributed by atoms with van der Waals surface area (Å²) >= 11 is 5.88. The third-order valence-corrected chi connectivity index (χ3v) is 4.13. The van der Waals surface area contributed by atoms with Crippen LogP contribution in [-0.2, 0) is 11.2 Å². The summed E-state index contributed by atoms with van der Waals surface area (Å²) < 4.78 is 0. The molecule has 7 heteroatoms. The van der Waals surface area contributed by atoms with Crippen molar-refractivity contribution < 1.29 is 4.79 Å². The van der Waals surface area contributed by atoms with Gasteiger partial charge in [0, 0.05) is 43.0 Å². The first-order chi connectivity index (χ1) is 11.1. The standard InChI is InChI=1S/C16H20ClN5O/c1-21-6-8-22(9-7-21)20-15(23)10-14-11-18-16(19-14)12-2-4-13(17)5-3-12/h2-5,11H,6-10H2,1H3,(H,18,19)(H,20,23). The summed E-state index contributed by atoms with van der Waals surface area (Å²) in [6.07, 6.45) is 2.03. The van der Waals surface area contributed by atoms with E-state index >= 15 is 0 Å². The highest BCUT2D eigenvalue weighted by molar-refractivity contribution is 6.30. The molecule has 23 heavy (non-hydrogen) atoms. The van der Waals surface area contributed by atoms with Crippen LogP contribution in [0.5, 0.6) is 0 Å². The van der Waals surface area contributed by atoms with Gasteiger partial charge in [-0.1, -0.05) is 11.6 Å². The van der Waals surface area contributed by atoms with Crippen LogP contribution in [-0.4, -0.2) is 59.0 Å². The number of nitrogens with one attached hydrogen (secondary N) is 2. The highest BCUT2D eigenvalue weighted by Crippen LogP contribution is 2.18. The lowest BCUT2D eigenvalue weighted by Crippen LogP contribution is -2.52. The zero-order valence-electron chi connectivity index (χ0n) is 13.1. The first-order valence-corrected chi connectivity index (χ1v) is 8.01. The fraction of sp³-hybridized carbons (Fsp3) is 0.375. The van der Waals surface area contributed by atoms with Crippen LogP contribution < -0.4 is 5.43 Å². The van der Waals surface area contributed by atoms with E-state index in [4.69, 9.17) is 11.6 Å². The van der Waals surface area contributed by atoms with E-state index in [1.807, 2.05) is 29.3 Å². The number of carbonyl (C=O) groups excluding carboxylic acids is 1. The molecule has 1 aliphatic rings. The van der Waals surface area contributed by atoms with E-state index in [0.29, 0.717) is 5.02 Å². The van der Waals surface area contributed by atoms with Crippen LogP contribution in [0.1, 0.15) is 5.69 Å². The number of rotatable bonds is 4. The molecule has 0 spiro atoms. The zero-order chi connectivity index (χ0) is 16.2. The fourth-order valence-corrected chi connectivity index (χ4v) is 2.63. The van der Waals surface area contributed by atoms with Gasteiger partial charge >= 0.3 is 0 Å². The van der Waals surface area contributed by atoms with Gasteiger partial charge in [-0.25, -0.2) is 9.99 Å². The van der Waals surface area contributed by atoms with E-state index in [9.17, 15) is 4.79 Å². The van der Waals surface area contributed by atoms with Crippen molar-refractivity contribution in [1.29, 1.82) is 0 Å². The average Bonchev–Trinajstić information content (AvgIpc) is 2.98. The summed E-state index contributed by atoms with van der Waals surface area (Å²) in [6.45, 7) is 3.62. The second-order valence-corrected chi connectivity index (χ2v) is 6.19. The Hall–Kier alpha value is -1.89. The molecule has 0 atom stereocenters. The number of hydrogen-bond donors (Lipinski definition) is 2. The number of imidazole rings is 1. The Bertz CT molecular complexity index is 661. The quantitative estimate of drug-likeness (QED) is 0.891. The smallest absolute Gasteiger partial charge is 0.240 e. The summed E-state index contributed by atoms with van der Waals surface area (Å²) in [7, 11) is 2.08. The van der Waals surface area contributed by atoms with Crippen molar-refractivity contribution in [2.45, 2.75) is 6.42 Å². The number of halogens is 1. The van der Waals surface area contributed by atoms with Crippen molar-refractivity contribution in [3.8, 4) is 11.4 Å². The maximum absolute atomic E-state index is 12.1. The molecule has 1 saturated heterocycles. The molecule has 0 aliphatic carbocycles. The molecule has 1 amide bonds. The predicted octanol–water partition coefficient (Wildman–Crippen LogP) is 1.55. The van der Waals surface area contributed by atoms with Crippen molar-refractivity contribution in [2.24, 2.45) is 0 Å². The van der Waals surface area contributed by atoms with E-state index in [1.54, 1.807) is 6.20 Å². The Kier molecular flexibility index (Phi) is 4.95. The van der Waals surface area contributed by atoms with Crippen LogP contribution in [0.2, 0.25) is 5.02 Å². The molecule has 2 N–H and O–H groups in total. The highest BCUT2D eigenvalue weighted by atomic mass is 35.5. The SMILES string of the molecule is CN1CCN(NC(=O)Cc2c[nH]c(-c3ccc(Cl)cc3)n2)CC1. The summed E-state index contributed by atoms with van der Waals surface area (Å²) in [5.74, 6) is 0.702. The van der Waals surface area contributed by atoms with Crippen LogP contribution in [0.3, 0.4) is 0 Å². The van der Waals surface area contributed by atoms with E-state index < -0.39 is 0 Å². The minimum Gasteiger partial charge on any atom is -0.344 e. The van der Waals surface area contributed by atoms with E-state index in [2.05, 4.69) is 27.3 Å². The summed E-state index contributed by atoms with van der Waals surface area (Å²) in [5.41, 5.74) is 4.61. The Balaban J connectivity index is 1.56. The van der Waals surface area contributed by atoms with Gasteiger partial charge in [0.15, 0.2) is 0 Å². The first kappa shape index (κ1) is 16.0. The average molecular weight is 334 g/mol. The van der Waals surface area contributed by atoms with Crippen LogP contribution >= 0.6 is 11.6 Å². The van der Waals surface area contributed by atoms with E-state index in [0.717, 1.165) is 43.3 Å². The summed E-state index contributed by atoms with van der Waals surface area (Å²) in [6, 6.07) is 7.43. The Morgan fingerprint density at radius 3 is 2.65 bits per heavy atom. The molecular weight excluding hydrogens is 314 g/mol. The molecule has 1 fully saturated rings. The van der Waals surface area contributed by atoms with Gasteiger partial charge in [0.2, 0.25) is 5.91 Å². The van der Waals surface area contributed by atoms with Crippen molar-refractivity contribution >= 4 is 17.5 Å². The third kappa shape index (κ3) is 4.31. The van der Waals surface area contributed by atoms with Crippen molar-refractivity contribution in [1.82, 2.24) is 25.3 Å². The molecule has 3 rings (SSSR count). The lowest BCUT2D eigenvalue weighted by atomic mass is 10.2. The summed E-state index contributed by atoms with van der Waals surface area (Å²) in [5, 5.41) is 2.65. The van der Waals surface area contributed by atoms with E-state index in [1.165, 1.54) is 0 Å². The number of benzene rings is 1. The monoisotopic (exact) mass is 333 g/mol. The lowest BCUT2D eigenvalue weighted by molar-refractivity contribution is -0.126. The third-order valence-electron chi connectivity index (χ3n) is 3.88. The highest BCUT2D eigenvalue weighted by Gasteiger charge is 2.16. The fourth-order valence-electron chi connectivity index (χ4n) is 2.50. The molecule has 1 aromatic heterocycles. The maximum atomic E-state index is 12.1. The second kappa shape index (κ2) is 7.12. The van der Waals surface area contributed by atoms with Crippen LogP contribution in [0, 0.1) is 0 Å². The summed E-state index contributed by atoms with van der Waals surface area (Å²) in [4.78, 5) is 21.9. The predicted molar refractivity (Wildman–Crippen MR) is 90.0 cm³/mol. The maximum Gasteiger partial charge on any atom is 0.240 e. The molecular formula is C16H20ClN5O. The number of hydrogen-bond acceptors (Lipinski definition) is 4. The van der Waals surface area contributed by atoms with Gasteiger partial charge in [-0.2, -0.15) is 0 Å². The molecule has 0 bridgehead atoms. The van der Waals surface area contributed by atoms with Crippen LogP contribution in [0.25, 0.3) is 11.4 Å². The molecule has 1 aliphatic heterocycles. The molecule has 0 unspecified atom stereocenters. The number of aromatic nitrogens is 2. The normalized spacial score (nSPS) is 16.4. The largest absolute Gasteiger partial charge is 0.344 e. The second-order valence-electron chi connectivity index (χ2n) is 5.75. The minimum atomic E-state index is -0.0382. The molecule has 122 valence electrons. The van der Waals surface area contributed by atoms with Gasteiger partial charge in [0.05, 0.1) is 12.1 Å².